The summed E-state index contributed by atoms with van der Waals surface area (Å²) in [6, 6.07) is 12.4. The van der Waals surface area contributed by atoms with Gasteiger partial charge in [-0.25, -0.2) is 4.39 Å². The lowest BCUT2D eigenvalue weighted by molar-refractivity contribution is -0.113. The Kier molecular flexibility index (Phi) is 8.49. The summed E-state index contributed by atoms with van der Waals surface area (Å²) >= 11 is 1.32. The molecular formula is C26H34FN5OS. The second-order valence-electron chi connectivity index (χ2n) is 9.25. The van der Waals surface area contributed by atoms with Crippen molar-refractivity contribution in [2.75, 3.05) is 25.2 Å². The van der Waals surface area contributed by atoms with E-state index in [2.05, 4.69) is 55.3 Å². The van der Waals surface area contributed by atoms with Crippen molar-refractivity contribution in [1.82, 2.24) is 19.7 Å². The van der Waals surface area contributed by atoms with Crippen molar-refractivity contribution in [3.63, 3.8) is 0 Å². The van der Waals surface area contributed by atoms with Gasteiger partial charge in [-0.15, -0.1) is 10.2 Å². The largest absolute Gasteiger partial charge is 0.325 e. The van der Waals surface area contributed by atoms with E-state index < -0.39 is 0 Å². The van der Waals surface area contributed by atoms with Gasteiger partial charge in [-0.05, 0) is 68.2 Å². The summed E-state index contributed by atoms with van der Waals surface area (Å²) in [4.78, 5) is 15.1. The van der Waals surface area contributed by atoms with E-state index >= 15 is 0 Å². The van der Waals surface area contributed by atoms with Gasteiger partial charge >= 0.3 is 0 Å². The van der Waals surface area contributed by atoms with Crippen LogP contribution in [0.15, 0.2) is 47.6 Å². The average molecular weight is 484 g/mol. The summed E-state index contributed by atoms with van der Waals surface area (Å²) in [6.45, 7) is 10.5. The van der Waals surface area contributed by atoms with E-state index in [9.17, 15) is 9.18 Å². The Bertz CT molecular complexity index is 1100. The smallest absolute Gasteiger partial charge is 0.234 e. The number of aromatic nitrogens is 3. The monoisotopic (exact) mass is 483 g/mol. The van der Waals surface area contributed by atoms with E-state index in [0.717, 1.165) is 28.3 Å². The average Bonchev–Trinajstić information content (AvgIpc) is 3.21. The predicted molar refractivity (Wildman–Crippen MR) is 137 cm³/mol. The minimum Gasteiger partial charge on any atom is -0.325 e. The van der Waals surface area contributed by atoms with Crippen molar-refractivity contribution in [1.29, 1.82) is 0 Å². The van der Waals surface area contributed by atoms with Gasteiger partial charge in [0.1, 0.15) is 5.82 Å². The highest BCUT2D eigenvalue weighted by Gasteiger charge is 2.22. The van der Waals surface area contributed by atoms with E-state index in [1.165, 1.54) is 23.9 Å². The topological polar surface area (TPSA) is 63.1 Å². The van der Waals surface area contributed by atoms with E-state index in [0.29, 0.717) is 17.0 Å². The van der Waals surface area contributed by atoms with Crippen LogP contribution in [-0.2, 0) is 4.79 Å². The third-order valence-electron chi connectivity index (χ3n) is 5.86. The molecule has 0 aliphatic heterocycles. The highest BCUT2D eigenvalue weighted by Crippen LogP contribution is 2.33. The van der Waals surface area contributed by atoms with Gasteiger partial charge < -0.3 is 5.32 Å². The van der Waals surface area contributed by atoms with Crippen LogP contribution in [0, 0.1) is 5.82 Å². The van der Waals surface area contributed by atoms with Crippen molar-refractivity contribution >= 4 is 23.4 Å². The van der Waals surface area contributed by atoms with E-state index in [-0.39, 0.29) is 23.5 Å². The first-order valence-corrected chi connectivity index (χ1v) is 12.5. The number of halogens is 1. The van der Waals surface area contributed by atoms with Crippen LogP contribution in [-0.4, -0.2) is 45.4 Å². The molecule has 1 heterocycles. The molecular weight excluding hydrogens is 449 g/mol. The van der Waals surface area contributed by atoms with Crippen molar-refractivity contribution < 1.29 is 9.18 Å². The SMILES string of the molecule is CC(C)c1cccc(C(C)C)c1NC(=O)CSc1nnc(C(C)N(C)C)n1-c1ccc(F)cc1. The molecule has 0 bridgehead atoms. The number of amides is 1. The van der Waals surface area contributed by atoms with Crippen LogP contribution in [0.25, 0.3) is 5.69 Å². The molecule has 0 aliphatic rings. The lowest BCUT2D eigenvalue weighted by atomic mass is 9.92. The first-order valence-electron chi connectivity index (χ1n) is 11.5. The summed E-state index contributed by atoms with van der Waals surface area (Å²) in [6.07, 6.45) is 0. The van der Waals surface area contributed by atoms with Crippen LogP contribution in [0.3, 0.4) is 0 Å². The summed E-state index contributed by atoms with van der Waals surface area (Å²) in [5, 5.41) is 12.5. The standard InChI is InChI=1S/C26H34FN5OS/c1-16(2)21-9-8-10-22(17(3)4)24(21)28-23(33)15-34-26-30-29-25(18(5)31(6)7)32(26)20-13-11-19(27)12-14-20/h8-14,16-18H,15H2,1-7H3,(H,28,33). The maximum Gasteiger partial charge on any atom is 0.234 e. The number of anilines is 1. The lowest BCUT2D eigenvalue weighted by Crippen LogP contribution is -2.21. The molecule has 182 valence electrons. The van der Waals surface area contributed by atoms with Crippen LogP contribution in [0.5, 0.6) is 0 Å². The fraction of sp³-hybridized carbons (Fsp3) is 0.423. The number of nitrogens with zero attached hydrogens (tertiary/aromatic N) is 4. The Labute approximate surface area is 206 Å². The van der Waals surface area contributed by atoms with Gasteiger partial charge in [-0.3, -0.25) is 14.3 Å². The van der Waals surface area contributed by atoms with Crippen LogP contribution < -0.4 is 5.32 Å². The van der Waals surface area contributed by atoms with Gasteiger partial charge in [-0.2, -0.15) is 0 Å². The first-order chi connectivity index (χ1) is 16.1. The molecule has 0 saturated heterocycles. The molecule has 1 aromatic heterocycles. The lowest BCUT2D eigenvalue weighted by Gasteiger charge is -2.21. The number of benzene rings is 2. The number of carbonyl (C=O) groups excluding carboxylic acids is 1. The molecule has 1 atom stereocenters. The molecule has 1 unspecified atom stereocenters. The Morgan fingerprint density at radius 3 is 2.12 bits per heavy atom. The Balaban J connectivity index is 1.86. The fourth-order valence-electron chi connectivity index (χ4n) is 3.71. The van der Waals surface area contributed by atoms with Crippen molar-refractivity contribution in [3.8, 4) is 5.69 Å². The van der Waals surface area contributed by atoms with Gasteiger partial charge in [0.2, 0.25) is 5.91 Å². The number of hydrogen-bond acceptors (Lipinski definition) is 5. The van der Waals surface area contributed by atoms with E-state index in [4.69, 9.17) is 0 Å². The summed E-state index contributed by atoms with van der Waals surface area (Å²) < 4.78 is 15.4. The maximum absolute atomic E-state index is 13.5. The van der Waals surface area contributed by atoms with Crippen molar-refractivity contribution in [2.45, 2.75) is 57.7 Å². The molecule has 3 aromatic rings. The van der Waals surface area contributed by atoms with Crippen LogP contribution in [0.1, 0.15) is 69.4 Å². The Hall–Kier alpha value is -2.71. The molecule has 8 heteroatoms. The predicted octanol–water partition coefficient (Wildman–Crippen LogP) is 6.01. The third-order valence-corrected chi connectivity index (χ3v) is 6.79. The highest BCUT2D eigenvalue weighted by molar-refractivity contribution is 7.99. The van der Waals surface area contributed by atoms with Crippen LogP contribution >= 0.6 is 11.8 Å². The van der Waals surface area contributed by atoms with Gasteiger partial charge in [0.05, 0.1) is 11.8 Å². The summed E-state index contributed by atoms with van der Waals surface area (Å²) in [5.74, 6) is 1.08. The zero-order chi connectivity index (χ0) is 25.0. The Morgan fingerprint density at radius 1 is 1.00 bits per heavy atom. The minimum absolute atomic E-state index is 0.0211. The summed E-state index contributed by atoms with van der Waals surface area (Å²) in [5.41, 5.74) is 3.91. The van der Waals surface area contributed by atoms with Crippen LogP contribution in [0.2, 0.25) is 0 Å². The molecule has 2 aromatic carbocycles. The summed E-state index contributed by atoms with van der Waals surface area (Å²) in [7, 11) is 3.93. The molecule has 1 amide bonds. The highest BCUT2D eigenvalue weighted by atomic mass is 32.2. The number of thioether (sulfide) groups is 1. The van der Waals surface area contributed by atoms with Crippen LogP contribution in [0.4, 0.5) is 10.1 Å². The van der Waals surface area contributed by atoms with Gasteiger partial charge in [0.15, 0.2) is 11.0 Å². The minimum atomic E-state index is -0.308. The second kappa shape index (κ2) is 11.1. The van der Waals surface area contributed by atoms with E-state index in [1.807, 2.05) is 36.6 Å². The molecule has 0 aliphatic carbocycles. The number of hydrogen-bond donors (Lipinski definition) is 1. The van der Waals surface area contributed by atoms with Gasteiger partial charge in [-0.1, -0.05) is 57.7 Å². The Morgan fingerprint density at radius 2 is 1.59 bits per heavy atom. The number of para-hydroxylation sites is 1. The normalized spacial score (nSPS) is 12.6. The quantitative estimate of drug-likeness (QED) is 0.378. The zero-order valence-electron chi connectivity index (χ0n) is 21.0. The number of nitrogens with one attached hydrogen (secondary N) is 1. The van der Waals surface area contributed by atoms with Gasteiger partial charge in [0, 0.05) is 11.4 Å². The van der Waals surface area contributed by atoms with Gasteiger partial charge in [0.25, 0.3) is 0 Å². The van der Waals surface area contributed by atoms with Crippen molar-refractivity contribution in [3.05, 3.63) is 65.2 Å². The molecule has 0 fully saturated rings. The third kappa shape index (κ3) is 5.85. The molecule has 0 spiro atoms. The molecule has 1 N–H and O–H groups in total. The number of carbonyl (C=O) groups is 1. The van der Waals surface area contributed by atoms with E-state index in [1.54, 1.807) is 12.1 Å². The molecule has 6 nitrogen and oxygen atoms in total. The molecule has 34 heavy (non-hydrogen) atoms. The zero-order valence-corrected chi connectivity index (χ0v) is 21.8. The maximum atomic E-state index is 13.5. The first kappa shape index (κ1) is 25.9. The van der Waals surface area contributed by atoms with Crippen molar-refractivity contribution in [2.24, 2.45) is 0 Å². The molecule has 0 saturated carbocycles. The second-order valence-corrected chi connectivity index (χ2v) is 10.2. The molecule has 0 radical (unpaired) electrons. The number of rotatable bonds is 9. The molecule has 3 rings (SSSR count). The fourth-order valence-corrected chi connectivity index (χ4v) is 4.47.